The van der Waals surface area contributed by atoms with Gasteiger partial charge in [-0.05, 0) is 38.5 Å². The summed E-state index contributed by atoms with van der Waals surface area (Å²) in [5.74, 6) is 1.95. The van der Waals surface area contributed by atoms with E-state index >= 15 is 0 Å². The van der Waals surface area contributed by atoms with Crippen LogP contribution in [-0.2, 0) is 9.53 Å². The van der Waals surface area contributed by atoms with E-state index < -0.39 is 5.54 Å². The zero-order valence-corrected chi connectivity index (χ0v) is 10.5. The van der Waals surface area contributed by atoms with Crippen LogP contribution in [0.5, 0.6) is 0 Å². The van der Waals surface area contributed by atoms with Gasteiger partial charge < -0.3 is 10.1 Å². The number of thioether (sulfide) groups is 1. The second-order valence-corrected chi connectivity index (χ2v) is 4.99. The molecule has 1 saturated heterocycles. The van der Waals surface area contributed by atoms with Gasteiger partial charge >= 0.3 is 5.97 Å². The lowest BCUT2D eigenvalue weighted by Gasteiger charge is -2.35. The molecule has 0 aromatic carbocycles. The van der Waals surface area contributed by atoms with Crippen molar-refractivity contribution in [2.45, 2.75) is 38.6 Å². The first-order chi connectivity index (χ1) is 7.25. The Morgan fingerprint density at radius 3 is 2.87 bits per heavy atom. The molecule has 0 aliphatic carbocycles. The number of ether oxygens (including phenoxy) is 1. The lowest BCUT2D eigenvalue weighted by Crippen LogP contribution is -2.56. The smallest absolute Gasteiger partial charge is 0.327 e. The van der Waals surface area contributed by atoms with Gasteiger partial charge in [0.15, 0.2) is 0 Å². The number of carbonyl (C=O) groups excluding carboxylic acids is 1. The van der Waals surface area contributed by atoms with Crippen LogP contribution in [0.2, 0.25) is 0 Å². The van der Waals surface area contributed by atoms with E-state index in [9.17, 15) is 4.79 Å². The topological polar surface area (TPSA) is 38.3 Å². The normalized spacial score (nSPS) is 26.3. The number of hydrogen-bond acceptors (Lipinski definition) is 4. The zero-order valence-electron chi connectivity index (χ0n) is 9.67. The zero-order chi connectivity index (χ0) is 11.1. The monoisotopic (exact) mass is 231 g/mol. The van der Waals surface area contributed by atoms with E-state index in [4.69, 9.17) is 4.74 Å². The molecule has 1 aliphatic rings. The molecule has 88 valence electrons. The first-order valence-electron chi connectivity index (χ1n) is 5.75. The number of nitrogens with one attached hydrogen (secondary N) is 1. The molecule has 0 aromatic heterocycles. The largest absolute Gasteiger partial charge is 0.465 e. The maximum atomic E-state index is 11.9. The molecule has 4 heteroatoms. The SMILES string of the molecule is CCCNC1(C(=O)OCC)CCCSC1. The summed E-state index contributed by atoms with van der Waals surface area (Å²) in [5.41, 5.74) is -0.408. The van der Waals surface area contributed by atoms with Gasteiger partial charge in [0.25, 0.3) is 0 Å². The number of hydrogen-bond donors (Lipinski definition) is 1. The van der Waals surface area contributed by atoms with Crippen molar-refractivity contribution in [3.05, 3.63) is 0 Å². The summed E-state index contributed by atoms with van der Waals surface area (Å²) in [6.07, 6.45) is 3.06. The molecule has 0 spiro atoms. The average molecular weight is 231 g/mol. The molecule has 0 bridgehead atoms. The average Bonchev–Trinajstić information content (AvgIpc) is 2.28. The molecular weight excluding hydrogens is 210 g/mol. The van der Waals surface area contributed by atoms with Crippen molar-refractivity contribution in [2.24, 2.45) is 0 Å². The molecule has 3 nitrogen and oxygen atoms in total. The molecule has 0 amide bonds. The third-order valence-electron chi connectivity index (χ3n) is 2.62. The van der Waals surface area contributed by atoms with Crippen molar-refractivity contribution in [1.29, 1.82) is 0 Å². The fourth-order valence-corrected chi connectivity index (χ4v) is 3.01. The van der Waals surface area contributed by atoms with Crippen LogP contribution in [0.3, 0.4) is 0 Å². The second-order valence-electron chi connectivity index (χ2n) is 3.89. The molecule has 1 unspecified atom stereocenters. The van der Waals surface area contributed by atoms with Gasteiger partial charge in [0.05, 0.1) is 6.61 Å². The van der Waals surface area contributed by atoms with E-state index in [0.29, 0.717) is 6.61 Å². The summed E-state index contributed by atoms with van der Waals surface area (Å²) >= 11 is 1.84. The van der Waals surface area contributed by atoms with Gasteiger partial charge in [-0.25, -0.2) is 0 Å². The van der Waals surface area contributed by atoms with Gasteiger partial charge in [-0.2, -0.15) is 11.8 Å². The van der Waals surface area contributed by atoms with Crippen LogP contribution in [-0.4, -0.2) is 36.2 Å². The van der Waals surface area contributed by atoms with Gasteiger partial charge in [-0.15, -0.1) is 0 Å². The first-order valence-corrected chi connectivity index (χ1v) is 6.90. The highest BCUT2D eigenvalue weighted by molar-refractivity contribution is 7.99. The Kier molecular flexibility index (Phi) is 5.47. The Bertz CT molecular complexity index is 203. The van der Waals surface area contributed by atoms with E-state index in [1.54, 1.807) is 0 Å². The minimum Gasteiger partial charge on any atom is -0.465 e. The third-order valence-corrected chi connectivity index (χ3v) is 3.89. The molecule has 1 heterocycles. The lowest BCUT2D eigenvalue weighted by atomic mass is 9.95. The Morgan fingerprint density at radius 1 is 1.53 bits per heavy atom. The summed E-state index contributed by atoms with van der Waals surface area (Å²) in [7, 11) is 0. The predicted molar refractivity (Wildman–Crippen MR) is 64.2 cm³/mol. The Morgan fingerprint density at radius 2 is 2.33 bits per heavy atom. The standard InChI is InChI=1S/C11H21NO2S/c1-3-7-12-11(10(13)14-4-2)6-5-8-15-9-11/h12H,3-9H2,1-2H3. The van der Waals surface area contributed by atoms with Crippen molar-refractivity contribution in [2.75, 3.05) is 24.7 Å². The molecule has 15 heavy (non-hydrogen) atoms. The Hall–Kier alpha value is -0.220. The number of rotatable bonds is 5. The van der Waals surface area contributed by atoms with Gasteiger partial charge in [-0.3, -0.25) is 4.79 Å². The molecule has 1 N–H and O–H groups in total. The van der Waals surface area contributed by atoms with Crippen molar-refractivity contribution in [3.63, 3.8) is 0 Å². The minimum atomic E-state index is -0.408. The highest BCUT2D eigenvalue weighted by atomic mass is 32.2. The van der Waals surface area contributed by atoms with Crippen LogP contribution in [0.4, 0.5) is 0 Å². The molecule has 0 radical (unpaired) electrons. The van der Waals surface area contributed by atoms with Crippen molar-refractivity contribution in [1.82, 2.24) is 5.32 Å². The van der Waals surface area contributed by atoms with E-state index in [2.05, 4.69) is 12.2 Å². The molecule has 1 aliphatic heterocycles. The van der Waals surface area contributed by atoms with E-state index in [0.717, 1.165) is 37.3 Å². The van der Waals surface area contributed by atoms with E-state index in [1.807, 2.05) is 18.7 Å². The van der Waals surface area contributed by atoms with Crippen LogP contribution in [0.15, 0.2) is 0 Å². The van der Waals surface area contributed by atoms with Crippen LogP contribution < -0.4 is 5.32 Å². The second kappa shape index (κ2) is 6.38. The highest BCUT2D eigenvalue weighted by Gasteiger charge is 2.40. The van der Waals surface area contributed by atoms with Crippen molar-refractivity contribution < 1.29 is 9.53 Å². The van der Waals surface area contributed by atoms with E-state index in [-0.39, 0.29) is 5.97 Å². The maximum Gasteiger partial charge on any atom is 0.327 e. The van der Waals surface area contributed by atoms with Gasteiger partial charge in [0, 0.05) is 5.75 Å². The number of esters is 1. The van der Waals surface area contributed by atoms with Crippen LogP contribution in [0.25, 0.3) is 0 Å². The van der Waals surface area contributed by atoms with Crippen molar-refractivity contribution in [3.8, 4) is 0 Å². The summed E-state index contributed by atoms with van der Waals surface area (Å²) in [5, 5.41) is 3.37. The summed E-state index contributed by atoms with van der Waals surface area (Å²) in [4.78, 5) is 11.9. The van der Waals surface area contributed by atoms with Crippen molar-refractivity contribution >= 4 is 17.7 Å². The Balaban J connectivity index is 2.61. The fraction of sp³-hybridized carbons (Fsp3) is 0.909. The summed E-state index contributed by atoms with van der Waals surface area (Å²) in [6, 6.07) is 0. The molecule has 0 aromatic rings. The fourth-order valence-electron chi connectivity index (χ4n) is 1.80. The summed E-state index contributed by atoms with van der Waals surface area (Å²) < 4.78 is 5.17. The first kappa shape index (κ1) is 12.8. The molecule has 1 atom stereocenters. The molecule has 0 saturated carbocycles. The Labute approximate surface area is 96.3 Å². The van der Waals surface area contributed by atoms with Gasteiger partial charge in [0.1, 0.15) is 5.54 Å². The molecule has 1 rings (SSSR count). The third kappa shape index (κ3) is 3.38. The highest BCUT2D eigenvalue weighted by Crippen LogP contribution is 2.28. The quantitative estimate of drug-likeness (QED) is 0.732. The maximum absolute atomic E-state index is 11.9. The van der Waals surface area contributed by atoms with Crippen LogP contribution in [0.1, 0.15) is 33.1 Å². The summed E-state index contributed by atoms with van der Waals surface area (Å²) in [6.45, 7) is 5.33. The van der Waals surface area contributed by atoms with Crippen LogP contribution >= 0.6 is 11.8 Å². The molecule has 1 fully saturated rings. The predicted octanol–water partition coefficient (Wildman–Crippen LogP) is 1.81. The van der Waals surface area contributed by atoms with E-state index in [1.165, 1.54) is 0 Å². The molecular formula is C11H21NO2S. The lowest BCUT2D eigenvalue weighted by molar-refractivity contribution is -0.150. The minimum absolute atomic E-state index is 0.0642. The van der Waals surface area contributed by atoms with Crippen LogP contribution in [0, 0.1) is 0 Å². The van der Waals surface area contributed by atoms with Gasteiger partial charge in [0.2, 0.25) is 0 Å². The number of carbonyl (C=O) groups is 1. The van der Waals surface area contributed by atoms with Gasteiger partial charge in [-0.1, -0.05) is 6.92 Å².